The van der Waals surface area contributed by atoms with Crippen LogP contribution in [0.2, 0.25) is 0 Å². The molecule has 4 aliphatic heterocycles. The van der Waals surface area contributed by atoms with Crippen molar-refractivity contribution in [3.05, 3.63) is 88.0 Å². The van der Waals surface area contributed by atoms with Crippen molar-refractivity contribution in [2.45, 2.75) is 37.8 Å². The Hall–Kier alpha value is -4.20. The van der Waals surface area contributed by atoms with E-state index >= 15 is 0 Å². The average Bonchev–Trinajstić information content (AvgIpc) is 3.01. The Kier molecular flexibility index (Phi) is 6.10. The Balaban J connectivity index is 1.40. The van der Waals surface area contributed by atoms with E-state index in [2.05, 4.69) is 54.2 Å². The molecule has 8 rings (SSSR count). The SMILES string of the molecule is COc1ccc2cc1-c1cc(ccc1O)C[C@@H]1c3cc4c(cc3CCN1C)Oc1cc(OC)c3c(c1O4)[C@H](C2)N(C)CC3. The second kappa shape index (κ2) is 9.93. The molecular formula is C36H36N2O5. The van der Waals surface area contributed by atoms with Gasteiger partial charge >= 0.3 is 0 Å². The summed E-state index contributed by atoms with van der Waals surface area (Å²) < 4.78 is 25.3. The summed E-state index contributed by atoms with van der Waals surface area (Å²) in [6, 6.07) is 18.8. The molecule has 43 heavy (non-hydrogen) atoms. The number of aromatic hydroxyl groups is 1. The number of hydrogen-bond acceptors (Lipinski definition) is 7. The number of phenols is 1. The van der Waals surface area contributed by atoms with E-state index in [1.165, 1.54) is 16.7 Å². The highest BCUT2D eigenvalue weighted by atomic mass is 16.6. The molecule has 0 aromatic heterocycles. The van der Waals surface area contributed by atoms with Gasteiger partial charge in [0.05, 0.1) is 14.2 Å². The maximum absolute atomic E-state index is 11.1. The minimum Gasteiger partial charge on any atom is -0.507 e. The van der Waals surface area contributed by atoms with Gasteiger partial charge in [-0.3, -0.25) is 9.80 Å². The molecule has 2 atom stereocenters. The molecular weight excluding hydrogens is 540 g/mol. The number of benzene rings is 4. The summed E-state index contributed by atoms with van der Waals surface area (Å²) in [5.41, 5.74) is 8.82. The van der Waals surface area contributed by atoms with Crippen LogP contribution in [0.3, 0.4) is 0 Å². The highest BCUT2D eigenvalue weighted by molar-refractivity contribution is 5.77. The van der Waals surface area contributed by atoms with E-state index in [1.807, 2.05) is 24.3 Å². The van der Waals surface area contributed by atoms with Crippen LogP contribution in [0.1, 0.15) is 45.5 Å². The van der Waals surface area contributed by atoms with E-state index < -0.39 is 0 Å². The average molecular weight is 577 g/mol. The van der Waals surface area contributed by atoms with Crippen molar-refractivity contribution < 1.29 is 24.1 Å². The van der Waals surface area contributed by atoms with Crippen LogP contribution in [0.4, 0.5) is 0 Å². The standard InChI is InChI=1S/C36H36N2O5/c1-37-11-9-22-17-32-33-18-24(22)27(37)15-20-5-7-29(39)25(13-20)26-14-21(6-8-30(26)40-3)16-28-35-23(10-12-38(28)2)31(41-4)19-34(42-32)36(35)43-33/h5-8,13-14,17-19,27-28,39H,9-12,15-16H2,1-4H3/t27-,28+/m1/s1. The van der Waals surface area contributed by atoms with Gasteiger partial charge in [0.1, 0.15) is 17.2 Å². The van der Waals surface area contributed by atoms with Gasteiger partial charge in [0.2, 0.25) is 0 Å². The van der Waals surface area contributed by atoms with E-state index in [-0.39, 0.29) is 17.8 Å². The van der Waals surface area contributed by atoms with Crippen LogP contribution in [0, 0.1) is 0 Å². The van der Waals surface area contributed by atoms with Crippen LogP contribution in [0.15, 0.2) is 54.6 Å². The second-order valence-electron chi connectivity index (χ2n) is 12.3. The molecule has 0 fully saturated rings. The number of rotatable bonds is 2. The summed E-state index contributed by atoms with van der Waals surface area (Å²) in [4.78, 5) is 4.81. The summed E-state index contributed by atoms with van der Waals surface area (Å²) in [6.07, 6.45) is 3.35. The van der Waals surface area contributed by atoms with Gasteiger partial charge in [-0.2, -0.15) is 0 Å². The summed E-state index contributed by atoms with van der Waals surface area (Å²) >= 11 is 0. The lowest BCUT2D eigenvalue weighted by Crippen LogP contribution is -2.34. The van der Waals surface area contributed by atoms with Crippen LogP contribution in [0.25, 0.3) is 11.1 Å². The van der Waals surface area contributed by atoms with Crippen molar-refractivity contribution in [3.8, 4) is 51.4 Å². The molecule has 4 aromatic rings. The van der Waals surface area contributed by atoms with Gasteiger partial charge in [-0.25, -0.2) is 0 Å². The number of fused-ring (bicyclic) bond motifs is 5. The zero-order valence-electron chi connectivity index (χ0n) is 25.1. The molecule has 0 saturated heterocycles. The van der Waals surface area contributed by atoms with Gasteiger partial charge < -0.3 is 24.1 Å². The molecule has 1 N–H and O–H groups in total. The first-order chi connectivity index (χ1) is 20.9. The topological polar surface area (TPSA) is 63.6 Å². The third-order valence-electron chi connectivity index (χ3n) is 9.89. The Labute approximate surface area is 252 Å². The molecule has 0 unspecified atom stereocenters. The summed E-state index contributed by atoms with van der Waals surface area (Å²) in [7, 11) is 7.78. The number of phenolic OH excluding ortho intramolecular Hbond substituents is 1. The van der Waals surface area contributed by atoms with Crippen molar-refractivity contribution in [3.63, 3.8) is 0 Å². The predicted molar refractivity (Wildman–Crippen MR) is 165 cm³/mol. The van der Waals surface area contributed by atoms with Crippen LogP contribution in [-0.2, 0) is 25.7 Å². The number of methoxy groups -OCH3 is 2. The minimum atomic E-state index is 0.0309. The Morgan fingerprint density at radius 2 is 1.42 bits per heavy atom. The van der Waals surface area contributed by atoms with Gasteiger partial charge in [0, 0.05) is 53.5 Å². The van der Waals surface area contributed by atoms with Gasteiger partial charge in [-0.05, 0) is 98.4 Å². The molecule has 4 aromatic carbocycles. The molecule has 0 saturated carbocycles. The number of ether oxygens (including phenoxy) is 4. The molecule has 0 amide bonds. The first-order valence-corrected chi connectivity index (χ1v) is 15.1. The largest absolute Gasteiger partial charge is 0.507 e. The molecule has 4 heterocycles. The van der Waals surface area contributed by atoms with E-state index in [0.29, 0.717) is 5.75 Å². The molecule has 220 valence electrons. The fourth-order valence-electron chi connectivity index (χ4n) is 7.52. The normalized spacial score (nSPS) is 20.3. The fourth-order valence-corrected chi connectivity index (χ4v) is 7.52. The van der Waals surface area contributed by atoms with E-state index in [1.54, 1.807) is 14.2 Å². The lowest BCUT2D eigenvalue weighted by molar-refractivity contribution is 0.217. The second-order valence-corrected chi connectivity index (χ2v) is 12.3. The van der Waals surface area contributed by atoms with E-state index in [0.717, 1.165) is 95.3 Å². The molecule has 0 radical (unpaired) electrons. The maximum atomic E-state index is 11.1. The van der Waals surface area contributed by atoms with Crippen LogP contribution < -0.4 is 18.9 Å². The lowest BCUT2D eigenvalue weighted by Gasteiger charge is -2.39. The first kappa shape index (κ1) is 26.4. The molecule has 7 nitrogen and oxygen atoms in total. The predicted octanol–water partition coefficient (Wildman–Crippen LogP) is 6.83. The van der Waals surface area contributed by atoms with Crippen LogP contribution in [-0.4, -0.2) is 56.3 Å². The van der Waals surface area contributed by atoms with Gasteiger partial charge in [0.15, 0.2) is 23.0 Å². The maximum Gasteiger partial charge on any atom is 0.175 e. The van der Waals surface area contributed by atoms with E-state index in [4.69, 9.17) is 18.9 Å². The van der Waals surface area contributed by atoms with Crippen molar-refractivity contribution in [1.82, 2.24) is 9.80 Å². The number of hydrogen-bond donors (Lipinski definition) is 1. The molecule has 4 aliphatic rings. The monoisotopic (exact) mass is 576 g/mol. The molecule has 0 spiro atoms. The first-order valence-electron chi connectivity index (χ1n) is 15.1. The van der Waals surface area contributed by atoms with Crippen LogP contribution in [0.5, 0.6) is 40.2 Å². The third kappa shape index (κ3) is 4.17. The van der Waals surface area contributed by atoms with Crippen molar-refractivity contribution in [2.24, 2.45) is 0 Å². The lowest BCUT2D eigenvalue weighted by atomic mass is 9.85. The van der Waals surface area contributed by atoms with Crippen molar-refractivity contribution in [2.75, 3.05) is 41.4 Å². The van der Waals surface area contributed by atoms with Crippen LogP contribution >= 0.6 is 0 Å². The highest BCUT2D eigenvalue weighted by Gasteiger charge is 2.37. The summed E-state index contributed by atoms with van der Waals surface area (Å²) in [6.45, 7) is 1.85. The Morgan fingerprint density at radius 3 is 2.23 bits per heavy atom. The highest BCUT2D eigenvalue weighted by Crippen LogP contribution is 2.55. The molecule has 7 bridgehead atoms. The zero-order valence-corrected chi connectivity index (χ0v) is 25.1. The minimum absolute atomic E-state index is 0.0309. The van der Waals surface area contributed by atoms with Crippen molar-refractivity contribution in [1.29, 1.82) is 0 Å². The molecule has 7 heteroatoms. The fraction of sp³-hybridized carbons (Fsp3) is 0.333. The number of nitrogens with zero attached hydrogens (tertiary/aromatic N) is 2. The third-order valence-corrected chi connectivity index (χ3v) is 9.89. The quantitative estimate of drug-likeness (QED) is 0.247. The van der Waals surface area contributed by atoms with Gasteiger partial charge in [0.25, 0.3) is 0 Å². The Bertz CT molecular complexity index is 1780. The Morgan fingerprint density at radius 1 is 0.721 bits per heavy atom. The zero-order chi connectivity index (χ0) is 29.4. The van der Waals surface area contributed by atoms with Gasteiger partial charge in [-0.15, -0.1) is 0 Å². The smallest absolute Gasteiger partial charge is 0.175 e. The van der Waals surface area contributed by atoms with E-state index in [9.17, 15) is 5.11 Å². The number of likely N-dealkylation sites (N-methyl/N-ethyl adjacent to an activating group) is 2. The molecule has 0 aliphatic carbocycles. The van der Waals surface area contributed by atoms with Gasteiger partial charge in [-0.1, -0.05) is 12.1 Å². The summed E-state index contributed by atoms with van der Waals surface area (Å²) in [5.74, 6) is 4.82. The van der Waals surface area contributed by atoms with Crippen molar-refractivity contribution >= 4 is 0 Å². The summed E-state index contributed by atoms with van der Waals surface area (Å²) in [5, 5.41) is 11.1.